The molecule has 0 aromatic heterocycles. The first-order chi connectivity index (χ1) is 11.3. The summed E-state index contributed by atoms with van der Waals surface area (Å²) in [5.41, 5.74) is 8.35. The van der Waals surface area contributed by atoms with E-state index in [1.807, 2.05) is 26.8 Å². The summed E-state index contributed by atoms with van der Waals surface area (Å²) in [7, 11) is 0. The van der Waals surface area contributed by atoms with Gasteiger partial charge in [-0.2, -0.15) is 5.26 Å². The van der Waals surface area contributed by atoms with Crippen molar-refractivity contribution < 1.29 is 4.79 Å². The van der Waals surface area contributed by atoms with Crippen molar-refractivity contribution in [3.05, 3.63) is 65.6 Å². The van der Waals surface area contributed by atoms with E-state index in [0.29, 0.717) is 33.8 Å². The van der Waals surface area contributed by atoms with Crippen LogP contribution in [0.1, 0.15) is 31.9 Å². The van der Waals surface area contributed by atoms with Crippen molar-refractivity contribution in [1.82, 2.24) is 5.32 Å². The van der Waals surface area contributed by atoms with Crippen LogP contribution >= 0.6 is 0 Å². The van der Waals surface area contributed by atoms with Crippen LogP contribution in [0.4, 0.5) is 0 Å². The second kappa shape index (κ2) is 6.55. The Morgan fingerprint density at radius 1 is 1.42 bits per heavy atom. The Kier molecular flexibility index (Phi) is 4.70. The number of nitrogens with one attached hydrogen (secondary N) is 1. The van der Waals surface area contributed by atoms with Crippen LogP contribution in [-0.2, 0) is 4.79 Å². The molecular formula is C19H20N4O. The third-order valence-corrected chi connectivity index (χ3v) is 3.54. The highest BCUT2D eigenvalue weighted by atomic mass is 16.1. The van der Waals surface area contributed by atoms with E-state index in [1.54, 1.807) is 24.4 Å². The Morgan fingerprint density at radius 3 is 2.71 bits per heavy atom. The summed E-state index contributed by atoms with van der Waals surface area (Å²) < 4.78 is 0. The highest BCUT2D eigenvalue weighted by Crippen LogP contribution is 2.27. The molecule has 0 saturated heterocycles. The summed E-state index contributed by atoms with van der Waals surface area (Å²) in [6, 6.07) is 9.05. The maximum absolute atomic E-state index is 12.6. The molecule has 2 rings (SSSR count). The van der Waals surface area contributed by atoms with Crippen molar-refractivity contribution in [3.8, 4) is 6.07 Å². The van der Waals surface area contributed by atoms with E-state index in [2.05, 4.69) is 23.0 Å². The van der Waals surface area contributed by atoms with Gasteiger partial charge >= 0.3 is 0 Å². The number of aliphatic imine (C=N–C) groups is 1. The third-order valence-electron chi connectivity index (χ3n) is 3.54. The van der Waals surface area contributed by atoms with E-state index in [-0.39, 0.29) is 5.78 Å². The lowest BCUT2D eigenvalue weighted by molar-refractivity contribution is -0.121. The van der Waals surface area contributed by atoms with Crippen molar-refractivity contribution >= 4 is 17.2 Å². The zero-order valence-corrected chi connectivity index (χ0v) is 14.1. The van der Waals surface area contributed by atoms with Gasteiger partial charge in [0.25, 0.3) is 0 Å². The molecule has 1 aliphatic heterocycles. The predicted octanol–water partition coefficient (Wildman–Crippen LogP) is 2.87. The van der Waals surface area contributed by atoms with E-state index in [9.17, 15) is 4.79 Å². The monoisotopic (exact) mass is 320 g/mol. The van der Waals surface area contributed by atoms with Crippen LogP contribution in [-0.4, -0.2) is 11.5 Å². The van der Waals surface area contributed by atoms with Gasteiger partial charge in [-0.1, -0.05) is 39.5 Å². The molecule has 0 spiro atoms. The van der Waals surface area contributed by atoms with Crippen molar-refractivity contribution in [2.45, 2.75) is 20.8 Å². The number of carbonyl (C=O) groups excluding carboxylic acids is 1. The van der Waals surface area contributed by atoms with Gasteiger partial charge in [0.2, 0.25) is 0 Å². The molecular weight excluding hydrogens is 300 g/mol. The first-order valence-corrected chi connectivity index (χ1v) is 7.50. The predicted molar refractivity (Wildman–Crippen MR) is 95.6 cm³/mol. The van der Waals surface area contributed by atoms with Gasteiger partial charge in [0.1, 0.15) is 0 Å². The van der Waals surface area contributed by atoms with Crippen LogP contribution in [0, 0.1) is 16.7 Å². The standard InChI is InChI=1S/C19H20N4O/c1-12-17(15(11-22-12)18(24)19(2,3)4)23-16(10-21)14-7-5-6-13(8-14)9-20/h5-8,10-11,22H,1,21H2,2-4H3/b16-10-,23-17+. The first kappa shape index (κ1) is 17.2. The number of rotatable bonds is 3. The number of allylic oxidation sites excluding steroid dienone is 1. The van der Waals surface area contributed by atoms with E-state index in [0.717, 1.165) is 0 Å². The lowest BCUT2D eigenvalue weighted by atomic mass is 9.85. The van der Waals surface area contributed by atoms with Gasteiger partial charge in [0.05, 0.1) is 34.3 Å². The van der Waals surface area contributed by atoms with E-state index >= 15 is 0 Å². The number of ketones is 1. The zero-order chi connectivity index (χ0) is 17.9. The molecule has 0 saturated carbocycles. The summed E-state index contributed by atoms with van der Waals surface area (Å²) in [5.74, 6) is -0.0328. The Bertz CT molecular complexity index is 830. The molecule has 0 atom stereocenters. The van der Waals surface area contributed by atoms with Crippen LogP contribution in [0.15, 0.2) is 59.5 Å². The lowest BCUT2D eigenvalue weighted by Gasteiger charge is -2.17. The maximum atomic E-state index is 12.6. The maximum Gasteiger partial charge on any atom is 0.171 e. The fourth-order valence-electron chi connectivity index (χ4n) is 2.23. The van der Waals surface area contributed by atoms with Crippen molar-refractivity contribution in [1.29, 1.82) is 5.26 Å². The molecule has 3 N–H and O–H groups in total. The minimum absolute atomic E-state index is 0.0328. The molecule has 0 aliphatic carbocycles. The number of nitrogens with zero attached hydrogens (tertiary/aromatic N) is 2. The minimum Gasteiger partial charge on any atom is -0.403 e. The molecule has 1 heterocycles. The zero-order valence-electron chi connectivity index (χ0n) is 14.1. The van der Waals surface area contributed by atoms with Crippen molar-refractivity contribution in [2.24, 2.45) is 16.1 Å². The average molecular weight is 320 g/mol. The number of benzene rings is 1. The van der Waals surface area contributed by atoms with Crippen LogP contribution in [0.3, 0.4) is 0 Å². The van der Waals surface area contributed by atoms with Crippen molar-refractivity contribution in [3.63, 3.8) is 0 Å². The molecule has 24 heavy (non-hydrogen) atoms. The average Bonchev–Trinajstić information content (AvgIpc) is 2.91. The number of nitriles is 1. The number of hydrogen-bond donors (Lipinski definition) is 2. The molecule has 0 bridgehead atoms. The molecule has 122 valence electrons. The van der Waals surface area contributed by atoms with Crippen molar-refractivity contribution in [2.75, 3.05) is 0 Å². The lowest BCUT2D eigenvalue weighted by Crippen LogP contribution is -2.25. The summed E-state index contributed by atoms with van der Waals surface area (Å²) >= 11 is 0. The number of nitrogens with two attached hydrogens (primary N) is 1. The van der Waals surface area contributed by atoms with Gasteiger partial charge < -0.3 is 11.1 Å². The van der Waals surface area contributed by atoms with E-state index in [4.69, 9.17) is 11.0 Å². The van der Waals surface area contributed by atoms with Gasteiger partial charge in [-0.25, -0.2) is 4.99 Å². The number of hydrogen-bond acceptors (Lipinski definition) is 5. The van der Waals surface area contributed by atoms with Crippen LogP contribution < -0.4 is 11.1 Å². The Labute approximate surface area is 141 Å². The number of Topliss-reactive ketones (excluding diaryl/α,β-unsaturated/α-hetero) is 1. The Morgan fingerprint density at radius 2 is 2.12 bits per heavy atom. The molecule has 5 heteroatoms. The second-order valence-corrected chi connectivity index (χ2v) is 6.46. The normalized spacial score (nSPS) is 16.6. The summed E-state index contributed by atoms with van der Waals surface area (Å²) in [4.78, 5) is 17.1. The molecule has 0 unspecified atom stereocenters. The van der Waals surface area contributed by atoms with Gasteiger partial charge in [-0.05, 0) is 12.1 Å². The largest absolute Gasteiger partial charge is 0.403 e. The molecule has 1 aliphatic rings. The molecule has 1 aromatic rings. The summed E-state index contributed by atoms with van der Waals surface area (Å²) in [5, 5.41) is 12.0. The Hall–Kier alpha value is -3.13. The summed E-state index contributed by atoms with van der Waals surface area (Å²) in [6.45, 7) is 9.45. The SMILES string of the molecule is C=C1NC=C(C(=O)C(C)(C)C)/C1=N/C(=C\N)c1cccc(C#N)c1. The fourth-order valence-corrected chi connectivity index (χ4v) is 2.23. The van der Waals surface area contributed by atoms with Crippen LogP contribution in [0.5, 0.6) is 0 Å². The third kappa shape index (κ3) is 3.44. The van der Waals surface area contributed by atoms with Gasteiger partial charge in [0.15, 0.2) is 5.78 Å². The van der Waals surface area contributed by atoms with E-state index < -0.39 is 5.41 Å². The van der Waals surface area contributed by atoms with E-state index in [1.165, 1.54) is 6.20 Å². The van der Waals surface area contributed by atoms with Crippen LogP contribution in [0.25, 0.3) is 5.70 Å². The quantitative estimate of drug-likeness (QED) is 0.896. The minimum atomic E-state index is -0.535. The molecule has 0 amide bonds. The number of carbonyl (C=O) groups is 1. The fraction of sp³-hybridized carbons (Fsp3) is 0.211. The van der Waals surface area contributed by atoms with Gasteiger partial charge in [-0.15, -0.1) is 0 Å². The molecule has 0 radical (unpaired) electrons. The first-order valence-electron chi connectivity index (χ1n) is 7.50. The topological polar surface area (TPSA) is 91.3 Å². The highest BCUT2D eigenvalue weighted by Gasteiger charge is 2.31. The molecule has 1 aromatic carbocycles. The highest BCUT2D eigenvalue weighted by molar-refractivity contribution is 6.31. The van der Waals surface area contributed by atoms with Crippen LogP contribution in [0.2, 0.25) is 0 Å². The molecule has 0 fully saturated rings. The molecule has 5 nitrogen and oxygen atoms in total. The smallest absolute Gasteiger partial charge is 0.171 e. The summed E-state index contributed by atoms with van der Waals surface area (Å²) in [6.07, 6.45) is 2.98. The Balaban J connectivity index is 2.46. The second-order valence-electron chi connectivity index (χ2n) is 6.46. The van der Waals surface area contributed by atoms with Gasteiger partial charge in [-0.3, -0.25) is 4.79 Å². The van der Waals surface area contributed by atoms with Gasteiger partial charge in [0, 0.05) is 23.4 Å².